The normalized spacial score (nSPS) is 12.2. The van der Waals surface area contributed by atoms with Crippen molar-refractivity contribution in [3.8, 4) is 5.75 Å². The molecule has 100 valence electrons. The Morgan fingerprint density at radius 2 is 2.05 bits per heavy atom. The van der Waals surface area contributed by atoms with Crippen LogP contribution in [-0.2, 0) is 0 Å². The van der Waals surface area contributed by atoms with E-state index in [1.807, 2.05) is 19.1 Å². The van der Waals surface area contributed by atoms with Crippen molar-refractivity contribution in [2.75, 3.05) is 14.2 Å². The lowest BCUT2D eigenvalue weighted by Crippen LogP contribution is -2.21. The van der Waals surface area contributed by atoms with Crippen molar-refractivity contribution in [1.29, 1.82) is 0 Å². The number of rotatable bonds is 4. The number of nitrogens with zero attached hydrogens (tertiary/aromatic N) is 1. The Morgan fingerprint density at radius 1 is 1.26 bits per heavy atom. The van der Waals surface area contributed by atoms with Crippen LogP contribution in [0.2, 0.25) is 0 Å². The summed E-state index contributed by atoms with van der Waals surface area (Å²) >= 11 is 0. The fourth-order valence-corrected chi connectivity index (χ4v) is 2.15. The molecule has 0 aliphatic rings. The Morgan fingerprint density at radius 3 is 2.68 bits per heavy atom. The van der Waals surface area contributed by atoms with Crippen LogP contribution in [0.1, 0.15) is 22.9 Å². The molecule has 0 spiro atoms. The third-order valence-corrected chi connectivity index (χ3v) is 3.14. The maximum Gasteiger partial charge on any atom is 0.170 e. The molecule has 19 heavy (non-hydrogen) atoms. The molecule has 2 rings (SSSR count). The van der Waals surface area contributed by atoms with Gasteiger partial charge in [0.1, 0.15) is 0 Å². The van der Waals surface area contributed by atoms with Crippen molar-refractivity contribution in [3.63, 3.8) is 0 Å². The summed E-state index contributed by atoms with van der Waals surface area (Å²) in [5, 5.41) is 3.11. The van der Waals surface area contributed by atoms with Crippen LogP contribution >= 0.6 is 0 Å². The summed E-state index contributed by atoms with van der Waals surface area (Å²) in [7, 11) is 3.25. The molecule has 1 N–H and O–H groups in total. The molecule has 0 fully saturated rings. The van der Waals surface area contributed by atoms with E-state index < -0.39 is 0 Å². The summed E-state index contributed by atoms with van der Waals surface area (Å²) in [4.78, 5) is 4.35. The van der Waals surface area contributed by atoms with Crippen molar-refractivity contribution in [2.24, 2.45) is 0 Å². The third-order valence-electron chi connectivity index (χ3n) is 3.14. The van der Waals surface area contributed by atoms with Crippen LogP contribution in [-0.4, -0.2) is 19.1 Å². The molecular formula is C15H17FN2O. The quantitative estimate of drug-likeness (QED) is 0.918. The Bertz CT molecular complexity index is 572. The predicted molar refractivity (Wildman–Crippen MR) is 72.8 cm³/mol. The molecule has 2 aromatic rings. The summed E-state index contributed by atoms with van der Waals surface area (Å²) in [6, 6.07) is 8.67. The van der Waals surface area contributed by atoms with Gasteiger partial charge in [-0.2, -0.15) is 0 Å². The molecule has 1 atom stereocenters. The molecule has 0 bridgehead atoms. The molecule has 0 saturated carbocycles. The smallest absolute Gasteiger partial charge is 0.170 e. The molecule has 1 unspecified atom stereocenters. The van der Waals surface area contributed by atoms with Gasteiger partial charge in [0.2, 0.25) is 0 Å². The molecule has 0 aliphatic carbocycles. The first-order valence-corrected chi connectivity index (χ1v) is 6.10. The zero-order chi connectivity index (χ0) is 13.8. The lowest BCUT2D eigenvalue weighted by Gasteiger charge is -2.19. The van der Waals surface area contributed by atoms with Gasteiger partial charge in [-0.1, -0.05) is 18.2 Å². The van der Waals surface area contributed by atoms with E-state index in [9.17, 15) is 4.39 Å². The Balaban J connectivity index is 2.52. The van der Waals surface area contributed by atoms with Crippen LogP contribution in [0.5, 0.6) is 5.75 Å². The number of methoxy groups -OCH3 is 1. The predicted octanol–water partition coefficient (Wildman–Crippen LogP) is 2.85. The van der Waals surface area contributed by atoms with Gasteiger partial charge in [0, 0.05) is 11.8 Å². The zero-order valence-corrected chi connectivity index (χ0v) is 11.3. The van der Waals surface area contributed by atoms with Crippen molar-refractivity contribution in [2.45, 2.75) is 13.0 Å². The number of ether oxygens (including phenoxy) is 1. The van der Waals surface area contributed by atoms with Gasteiger partial charge in [-0.3, -0.25) is 4.98 Å². The van der Waals surface area contributed by atoms with Crippen molar-refractivity contribution >= 4 is 0 Å². The van der Waals surface area contributed by atoms with Crippen molar-refractivity contribution in [1.82, 2.24) is 10.3 Å². The SMILES string of the molecule is CNC(c1cccc(OC)c1F)c1ncccc1C. The first-order valence-electron chi connectivity index (χ1n) is 6.10. The number of halogens is 1. The van der Waals surface area contributed by atoms with E-state index in [-0.39, 0.29) is 17.6 Å². The minimum atomic E-state index is -0.352. The van der Waals surface area contributed by atoms with Crippen LogP contribution in [0.25, 0.3) is 0 Å². The van der Waals surface area contributed by atoms with Gasteiger partial charge in [-0.25, -0.2) is 4.39 Å². The van der Waals surface area contributed by atoms with E-state index in [2.05, 4.69) is 10.3 Å². The van der Waals surface area contributed by atoms with Crippen molar-refractivity contribution < 1.29 is 9.13 Å². The highest BCUT2D eigenvalue weighted by atomic mass is 19.1. The summed E-state index contributed by atoms with van der Waals surface area (Å²) in [6.45, 7) is 1.96. The Hall–Kier alpha value is -1.94. The van der Waals surface area contributed by atoms with Gasteiger partial charge >= 0.3 is 0 Å². The molecule has 0 aliphatic heterocycles. The second kappa shape index (κ2) is 5.80. The van der Waals surface area contributed by atoms with Gasteiger partial charge < -0.3 is 10.1 Å². The first-order chi connectivity index (χ1) is 9.19. The second-order valence-electron chi connectivity index (χ2n) is 4.29. The van der Waals surface area contributed by atoms with Crippen LogP contribution in [0.15, 0.2) is 36.5 Å². The largest absolute Gasteiger partial charge is 0.494 e. The van der Waals surface area contributed by atoms with Gasteiger partial charge in [0.15, 0.2) is 11.6 Å². The standard InChI is InChI=1S/C15H17FN2O/c1-10-6-5-9-18-14(10)15(17-2)11-7-4-8-12(19-3)13(11)16/h4-9,15,17H,1-3H3. The van der Waals surface area contributed by atoms with Crippen LogP contribution in [0.3, 0.4) is 0 Å². The number of pyridine rings is 1. The summed E-state index contributed by atoms with van der Waals surface area (Å²) in [5.41, 5.74) is 2.37. The minimum Gasteiger partial charge on any atom is -0.494 e. The number of nitrogens with one attached hydrogen (secondary N) is 1. The fraction of sp³-hybridized carbons (Fsp3) is 0.267. The monoisotopic (exact) mass is 260 g/mol. The minimum absolute atomic E-state index is 0.242. The lowest BCUT2D eigenvalue weighted by molar-refractivity contribution is 0.382. The Labute approximate surface area is 112 Å². The summed E-state index contributed by atoms with van der Waals surface area (Å²) < 4.78 is 19.4. The van der Waals surface area contributed by atoms with Crippen LogP contribution in [0, 0.1) is 12.7 Å². The van der Waals surface area contributed by atoms with Gasteiger partial charge in [-0.05, 0) is 31.7 Å². The van der Waals surface area contributed by atoms with E-state index in [0.717, 1.165) is 11.3 Å². The third kappa shape index (κ3) is 2.58. The van der Waals surface area contributed by atoms with Crippen LogP contribution in [0.4, 0.5) is 4.39 Å². The summed E-state index contributed by atoms with van der Waals surface area (Å²) in [5.74, 6) is -0.110. The highest BCUT2D eigenvalue weighted by Crippen LogP contribution is 2.29. The van der Waals surface area contributed by atoms with E-state index in [0.29, 0.717) is 5.56 Å². The van der Waals surface area contributed by atoms with E-state index in [4.69, 9.17) is 4.74 Å². The number of aromatic nitrogens is 1. The second-order valence-corrected chi connectivity index (χ2v) is 4.29. The topological polar surface area (TPSA) is 34.1 Å². The van der Waals surface area contributed by atoms with E-state index in [1.54, 1.807) is 31.4 Å². The highest BCUT2D eigenvalue weighted by Gasteiger charge is 2.21. The maximum atomic E-state index is 14.3. The van der Waals surface area contributed by atoms with Crippen LogP contribution < -0.4 is 10.1 Å². The molecule has 3 nitrogen and oxygen atoms in total. The molecule has 4 heteroatoms. The molecular weight excluding hydrogens is 243 g/mol. The Kier molecular flexibility index (Phi) is 4.12. The molecule has 0 amide bonds. The lowest BCUT2D eigenvalue weighted by atomic mass is 9.99. The molecule has 1 aromatic heterocycles. The number of aryl methyl sites for hydroxylation is 1. The maximum absolute atomic E-state index is 14.3. The number of hydrogen-bond acceptors (Lipinski definition) is 3. The van der Waals surface area contributed by atoms with Gasteiger partial charge in [0.05, 0.1) is 18.8 Å². The highest BCUT2D eigenvalue weighted by molar-refractivity contribution is 5.38. The number of hydrogen-bond donors (Lipinski definition) is 1. The van der Waals surface area contributed by atoms with E-state index in [1.165, 1.54) is 7.11 Å². The zero-order valence-electron chi connectivity index (χ0n) is 11.3. The summed E-state index contributed by atoms with van der Waals surface area (Å²) in [6.07, 6.45) is 1.71. The average molecular weight is 260 g/mol. The van der Waals surface area contributed by atoms with Crippen molar-refractivity contribution in [3.05, 3.63) is 59.2 Å². The van der Waals surface area contributed by atoms with Gasteiger partial charge in [0.25, 0.3) is 0 Å². The molecule has 1 heterocycles. The fourth-order valence-electron chi connectivity index (χ4n) is 2.15. The number of benzene rings is 1. The van der Waals surface area contributed by atoms with E-state index >= 15 is 0 Å². The molecule has 0 radical (unpaired) electrons. The average Bonchev–Trinajstić information content (AvgIpc) is 2.43. The molecule has 1 aromatic carbocycles. The van der Waals surface area contributed by atoms with Gasteiger partial charge in [-0.15, -0.1) is 0 Å². The first kappa shape index (κ1) is 13.5. The molecule has 0 saturated heterocycles.